The molecule has 6 heteroatoms. The highest BCUT2D eigenvalue weighted by atomic mass is 16.5. The zero-order valence-corrected chi connectivity index (χ0v) is 16.3. The average molecular weight is 398 g/mol. The van der Waals surface area contributed by atoms with Crippen molar-refractivity contribution in [2.45, 2.75) is 13.0 Å². The number of nitrogens with zero attached hydrogens (tertiary/aromatic N) is 2. The van der Waals surface area contributed by atoms with Gasteiger partial charge in [-0.15, -0.1) is 0 Å². The third-order valence-corrected chi connectivity index (χ3v) is 5.51. The van der Waals surface area contributed by atoms with Crippen LogP contribution in [0.3, 0.4) is 0 Å². The summed E-state index contributed by atoms with van der Waals surface area (Å²) in [5.41, 5.74) is 2.37. The van der Waals surface area contributed by atoms with E-state index in [0.29, 0.717) is 29.7 Å². The minimum absolute atomic E-state index is 0.118. The molecule has 2 heterocycles. The van der Waals surface area contributed by atoms with Crippen molar-refractivity contribution >= 4 is 39.3 Å². The number of aromatic nitrogens is 2. The van der Waals surface area contributed by atoms with E-state index in [9.17, 15) is 14.7 Å². The molecular weight excluding hydrogens is 380 g/mol. The molecule has 148 valence electrons. The molecule has 5 rings (SSSR count). The Morgan fingerprint density at radius 1 is 1.10 bits per heavy atom. The lowest BCUT2D eigenvalue weighted by atomic mass is 10.0. The van der Waals surface area contributed by atoms with Crippen molar-refractivity contribution in [1.29, 1.82) is 0 Å². The van der Waals surface area contributed by atoms with Crippen molar-refractivity contribution in [2.24, 2.45) is 0 Å². The first-order valence-corrected chi connectivity index (χ1v) is 9.60. The van der Waals surface area contributed by atoms with Gasteiger partial charge in [0.1, 0.15) is 11.6 Å². The number of aromatic carboxylic acids is 1. The number of carboxylic acid groups (broad SMARTS) is 1. The molecule has 6 nitrogen and oxygen atoms in total. The molecule has 0 spiro atoms. The first-order valence-electron chi connectivity index (χ1n) is 9.60. The molecule has 0 unspecified atom stereocenters. The maximum atomic E-state index is 12.9. The second kappa shape index (κ2) is 6.84. The Morgan fingerprint density at radius 3 is 2.70 bits per heavy atom. The predicted octanol–water partition coefficient (Wildman–Crippen LogP) is 4.20. The van der Waals surface area contributed by atoms with Crippen LogP contribution in [0.5, 0.6) is 5.75 Å². The van der Waals surface area contributed by atoms with Crippen LogP contribution in [0.2, 0.25) is 0 Å². The smallest absolute Gasteiger partial charge is 0.335 e. The van der Waals surface area contributed by atoms with E-state index in [4.69, 9.17) is 4.74 Å². The summed E-state index contributed by atoms with van der Waals surface area (Å²) in [7, 11) is 1.65. The molecule has 4 aromatic rings. The van der Waals surface area contributed by atoms with Crippen LogP contribution in [0.15, 0.2) is 59.4 Å². The van der Waals surface area contributed by atoms with Crippen LogP contribution in [-0.2, 0) is 6.54 Å². The number of carboxylic acids is 1. The van der Waals surface area contributed by atoms with E-state index in [2.05, 4.69) is 11.1 Å². The van der Waals surface area contributed by atoms with Gasteiger partial charge in [0.05, 0.1) is 23.6 Å². The normalized spacial score (nSPS) is 14.4. The van der Waals surface area contributed by atoms with Gasteiger partial charge in [0.2, 0.25) is 0 Å². The Labute approximate surface area is 171 Å². The van der Waals surface area contributed by atoms with Crippen molar-refractivity contribution in [3.63, 3.8) is 0 Å². The number of fused-ring (bicyclic) bond motifs is 3. The predicted molar refractivity (Wildman–Crippen MR) is 116 cm³/mol. The van der Waals surface area contributed by atoms with Gasteiger partial charge >= 0.3 is 5.97 Å². The van der Waals surface area contributed by atoms with Crippen LogP contribution in [0.1, 0.15) is 28.2 Å². The number of allylic oxidation sites excluding steroid dienone is 1. The minimum atomic E-state index is -1.04. The molecule has 0 bridgehead atoms. The highest BCUT2D eigenvalue weighted by Gasteiger charge is 2.21. The van der Waals surface area contributed by atoms with Gasteiger partial charge in [0.25, 0.3) is 5.56 Å². The summed E-state index contributed by atoms with van der Waals surface area (Å²) in [5, 5.41) is 11.9. The Balaban J connectivity index is 1.62. The first-order chi connectivity index (χ1) is 14.5. The third kappa shape index (κ3) is 2.93. The molecule has 0 saturated carbocycles. The van der Waals surface area contributed by atoms with E-state index >= 15 is 0 Å². The molecule has 0 atom stereocenters. The number of hydrogen-bond donors (Lipinski definition) is 1. The molecule has 1 N–H and O–H groups in total. The van der Waals surface area contributed by atoms with Crippen LogP contribution >= 0.6 is 0 Å². The summed E-state index contributed by atoms with van der Waals surface area (Å²) in [6, 6.07) is 16.5. The van der Waals surface area contributed by atoms with Gasteiger partial charge in [-0.1, -0.05) is 18.2 Å². The number of methoxy groups -OCH3 is 1. The second-order valence-electron chi connectivity index (χ2n) is 7.32. The quantitative estimate of drug-likeness (QED) is 0.559. The fraction of sp³-hybridized carbons (Fsp3) is 0.125. The molecule has 1 aliphatic rings. The van der Waals surface area contributed by atoms with E-state index in [0.717, 1.165) is 27.7 Å². The second-order valence-corrected chi connectivity index (χ2v) is 7.32. The Bertz CT molecular complexity index is 1430. The Kier molecular flexibility index (Phi) is 4.13. The van der Waals surface area contributed by atoms with Crippen LogP contribution in [-0.4, -0.2) is 27.7 Å². The van der Waals surface area contributed by atoms with Crippen LogP contribution in [0.25, 0.3) is 33.3 Å². The molecule has 0 radical (unpaired) electrons. The molecule has 30 heavy (non-hydrogen) atoms. The highest BCUT2D eigenvalue weighted by Crippen LogP contribution is 2.29. The zero-order valence-electron chi connectivity index (χ0n) is 16.3. The summed E-state index contributed by atoms with van der Waals surface area (Å²) in [4.78, 5) is 28.8. The third-order valence-electron chi connectivity index (χ3n) is 5.51. The fourth-order valence-electron chi connectivity index (χ4n) is 3.95. The van der Waals surface area contributed by atoms with Gasteiger partial charge in [0.15, 0.2) is 0 Å². The number of ether oxygens (including phenoxy) is 1. The Hall–Kier alpha value is -3.93. The van der Waals surface area contributed by atoms with E-state index in [1.165, 1.54) is 12.1 Å². The van der Waals surface area contributed by atoms with Crippen LogP contribution in [0, 0.1) is 0 Å². The highest BCUT2D eigenvalue weighted by molar-refractivity contribution is 5.94. The largest absolute Gasteiger partial charge is 0.497 e. The van der Waals surface area contributed by atoms with Gasteiger partial charge < -0.3 is 9.84 Å². The van der Waals surface area contributed by atoms with Gasteiger partial charge in [-0.3, -0.25) is 9.36 Å². The van der Waals surface area contributed by atoms with E-state index in [1.807, 2.05) is 36.4 Å². The lowest BCUT2D eigenvalue weighted by Gasteiger charge is -2.07. The van der Waals surface area contributed by atoms with Crippen molar-refractivity contribution < 1.29 is 14.6 Å². The monoisotopic (exact) mass is 398 g/mol. The standard InChI is InChI=1S/C24H18N2O4/c1-30-19-6-4-15-10-14(2-3-16(15)12-19)11-17-8-9-26-22(17)25-21-13-18(24(28)29)5-7-20(21)23(26)27/h2-7,10-13H,8-9H2,1H3,(H,28,29)/b17-11+. The van der Waals surface area contributed by atoms with Gasteiger partial charge in [-0.25, -0.2) is 9.78 Å². The number of hydrogen-bond acceptors (Lipinski definition) is 4. The van der Waals surface area contributed by atoms with Crippen LogP contribution in [0.4, 0.5) is 0 Å². The first kappa shape index (κ1) is 18.1. The topological polar surface area (TPSA) is 81.4 Å². The maximum absolute atomic E-state index is 12.9. The minimum Gasteiger partial charge on any atom is -0.497 e. The zero-order chi connectivity index (χ0) is 20.8. The lowest BCUT2D eigenvalue weighted by Crippen LogP contribution is -2.20. The molecule has 1 aromatic heterocycles. The Morgan fingerprint density at radius 2 is 1.90 bits per heavy atom. The van der Waals surface area contributed by atoms with Gasteiger partial charge in [-0.2, -0.15) is 0 Å². The van der Waals surface area contributed by atoms with Crippen molar-refractivity contribution in [2.75, 3.05) is 7.11 Å². The molecule has 0 aliphatic carbocycles. The summed E-state index contributed by atoms with van der Waals surface area (Å²) in [6.45, 7) is 0.564. The summed E-state index contributed by atoms with van der Waals surface area (Å²) >= 11 is 0. The average Bonchev–Trinajstić information content (AvgIpc) is 3.15. The van der Waals surface area contributed by atoms with E-state index in [-0.39, 0.29) is 11.1 Å². The SMILES string of the molecule is COc1ccc2cc(/C=C3\CCn4c3nc3cc(C(=O)O)ccc3c4=O)ccc2c1. The molecule has 0 amide bonds. The summed E-state index contributed by atoms with van der Waals surface area (Å²) < 4.78 is 6.95. The lowest BCUT2D eigenvalue weighted by molar-refractivity contribution is 0.0697. The van der Waals surface area contributed by atoms with Gasteiger partial charge in [-0.05, 0) is 70.8 Å². The van der Waals surface area contributed by atoms with Crippen molar-refractivity contribution in [3.05, 3.63) is 81.9 Å². The number of carbonyl (C=O) groups is 1. The van der Waals surface area contributed by atoms with Crippen molar-refractivity contribution in [1.82, 2.24) is 9.55 Å². The summed E-state index contributed by atoms with van der Waals surface area (Å²) in [5.74, 6) is 0.377. The molecule has 0 fully saturated rings. The van der Waals surface area contributed by atoms with E-state index in [1.54, 1.807) is 17.7 Å². The van der Waals surface area contributed by atoms with Crippen molar-refractivity contribution in [3.8, 4) is 5.75 Å². The van der Waals surface area contributed by atoms with E-state index < -0.39 is 5.97 Å². The number of benzene rings is 3. The molecule has 0 saturated heterocycles. The molecule has 1 aliphatic heterocycles. The molecular formula is C24H18N2O4. The number of rotatable bonds is 3. The summed E-state index contributed by atoms with van der Waals surface area (Å²) in [6.07, 6.45) is 2.74. The maximum Gasteiger partial charge on any atom is 0.335 e. The van der Waals surface area contributed by atoms with Gasteiger partial charge in [0, 0.05) is 6.54 Å². The fourth-order valence-corrected chi connectivity index (χ4v) is 3.95. The van der Waals surface area contributed by atoms with Crippen LogP contribution < -0.4 is 10.3 Å². The molecule has 3 aromatic carbocycles.